The Morgan fingerprint density at radius 1 is 1.26 bits per heavy atom. The van der Waals surface area contributed by atoms with E-state index in [9.17, 15) is 0 Å². The second-order valence-electron chi connectivity index (χ2n) is 4.30. The normalized spacial score (nSPS) is 12.1. The van der Waals surface area contributed by atoms with Gasteiger partial charge in [0.2, 0.25) is 0 Å². The summed E-state index contributed by atoms with van der Waals surface area (Å²) in [5.74, 6) is 0. The molecule has 2 aromatic rings. The van der Waals surface area contributed by atoms with Crippen LogP contribution in [0.1, 0.15) is 25.1 Å². The fraction of sp³-hybridized carbons (Fsp3) is 0.188. The van der Waals surface area contributed by atoms with Crippen LogP contribution in [-0.2, 0) is 0 Å². The molecule has 0 radical (unpaired) electrons. The van der Waals surface area contributed by atoms with E-state index < -0.39 is 0 Å². The first-order valence-corrected chi connectivity index (χ1v) is 6.26. The third-order valence-corrected chi connectivity index (χ3v) is 2.83. The highest BCUT2D eigenvalue weighted by molar-refractivity contribution is 5.97. The van der Waals surface area contributed by atoms with Crippen LogP contribution in [0.25, 0.3) is 11.3 Å². The van der Waals surface area contributed by atoms with Gasteiger partial charge in [-0.1, -0.05) is 12.1 Å². The molecule has 0 bridgehead atoms. The molecule has 0 fully saturated rings. The minimum atomic E-state index is 0.895. The van der Waals surface area contributed by atoms with Gasteiger partial charge in [-0.25, -0.2) is 4.98 Å². The Hall–Kier alpha value is -2.29. The van der Waals surface area contributed by atoms with Crippen LogP contribution in [0.4, 0.5) is 0 Å². The Bertz CT molecular complexity index is 627. The summed E-state index contributed by atoms with van der Waals surface area (Å²) in [6.07, 6.45) is 7.32. The predicted molar refractivity (Wildman–Crippen MR) is 79.2 cm³/mol. The van der Waals surface area contributed by atoms with Gasteiger partial charge in [0, 0.05) is 24.2 Å². The molecule has 2 heterocycles. The molecule has 0 spiro atoms. The number of allylic oxidation sites excluding steroid dienone is 1. The summed E-state index contributed by atoms with van der Waals surface area (Å²) in [6.45, 7) is 5.95. The summed E-state index contributed by atoms with van der Waals surface area (Å²) in [5, 5.41) is 0. The number of aryl methyl sites for hydroxylation is 1. The lowest BCUT2D eigenvalue weighted by atomic mass is 10.1. The Labute approximate surface area is 113 Å². The molecule has 0 saturated heterocycles. The fourth-order valence-electron chi connectivity index (χ4n) is 1.80. The molecule has 0 N–H and O–H groups in total. The Morgan fingerprint density at radius 3 is 2.84 bits per heavy atom. The van der Waals surface area contributed by atoms with Crippen molar-refractivity contribution >= 4 is 5.71 Å². The molecule has 0 saturated carbocycles. The average molecular weight is 251 g/mol. The lowest BCUT2D eigenvalue weighted by Crippen LogP contribution is -1.99. The van der Waals surface area contributed by atoms with Crippen LogP contribution >= 0.6 is 0 Å². The third-order valence-electron chi connectivity index (χ3n) is 2.83. The van der Waals surface area contributed by atoms with Crippen molar-refractivity contribution in [2.24, 2.45) is 4.99 Å². The van der Waals surface area contributed by atoms with Crippen LogP contribution in [0.15, 0.2) is 53.9 Å². The lowest BCUT2D eigenvalue weighted by molar-refractivity contribution is 1.23. The summed E-state index contributed by atoms with van der Waals surface area (Å²) >= 11 is 0. The fourth-order valence-corrected chi connectivity index (χ4v) is 1.80. The molecule has 3 heteroatoms. The van der Waals surface area contributed by atoms with Crippen LogP contribution in [0, 0.1) is 6.92 Å². The molecular weight excluding hydrogens is 234 g/mol. The number of hydrogen-bond donors (Lipinski definition) is 0. The second-order valence-corrected chi connectivity index (χ2v) is 4.30. The van der Waals surface area contributed by atoms with Crippen LogP contribution in [0.3, 0.4) is 0 Å². The van der Waals surface area contributed by atoms with Crippen molar-refractivity contribution in [1.29, 1.82) is 0 Å². The molecule has 0 aliphatic rings. The number of aromatic nitrogens is 2. The molecule has 96 valence electrons. The minimum absolute atomic E-state index is 0.895. The van der Waals surface area contributed by atoms with Gasteiger partial charge in [0.05, 0.1) is 17.1 Å². The standard InChI is InChI=1S/C16H17N3/c1-4-9-18-13(3)15-6-5-7-16(19-15)14-8-10-17-11-12(14)2/h4-11H,1-3H3/b9-4-,18-13+. The van der Waals surface area contributed by atoms with Gasteiger partial charge in [-0.3, -0.25) is 9.98 Å². The maximum atomic E-state index is 4.66. The zero-order chi connectivity index (χ0) is 13.7. The van der Waals surface area contributed by atoms with Crippen molar-refractivity contribution in [2.45, 2.75) is 20.8 Å². The van der Waals surface area contributed by atoms with Gasteiger partial charge in [-0.2, -0.15) is 0 Å². The van der Waals surface area contributed by atoms with Gasteiger partial charge in [0.25, 0.3) is 0 Å². The molecule has 0 amide bonds. The molecule has 0 aliphatic carbocycles. The molecule has 0 atom stereocenters. The van der Waals surface area contributed by atoms with Crippen molar-refractivity contribution in [3.05, 3.63) is 60.2 Å². The molecule has 0 unspecified atom stereocenters. The van der Waals surface area contributed by atoms with Gasteiger partial charge in [-0.15, -0.1) is 0 Å². The molecule has 2 aromatic heterocycles. The first-order chi connectivity index (χ1) is 9.22. The topological polar surface area (TPSA) is 38.1 Å². The van der Waals surface area contributed by atoms with Crippen LogP contribution in [-0.4, -0.2) is 15.7 Å². The molecule has 0 aromatic carbocycles. The smallest absolute Gasteiger partial charge is 0.0849 e. The first kappa shape index (κ1) is 13.1. The maximum absolute atomic E-state index is 4.66. The van der Waals surface area contributed by atoms with Crippen molar-refractivity contribution < 1.29 is 0 Å². The number of nitrogens with zero attached hydrogens (tertiary/aromatic N) is 3. The van der Waals surface area contributed by atoms with E-state index in [1.807, 2.05) is 57.3 Å². The number of rotatable bonds is 3. The number of hydrogen-bond acceptors (Lipinski definition) is 3. The first-order valence-electron chi connectivity index (χ1n) is 6.26. The lowest BCUT2D eigenvalue weighted by Gasteiger charge is -2.06. The summed E-state index contributed by atoms with van der Waals surface area (Å²) in [5.41, 5.74) is 4.98. The monoisotopic (exact) mass is 251 g/mol. The van der Waals surface area contributed by atoms with E-state index in [1.54, 1.807) is 12.4 Å². The number of aliphatic imine (C=N–C) groups is 1. The summed E-state index contributed by atoms with van der Waals surface area (Å²) in [6, 6.07) is 7.98. The Morgan fingerprint density at radius 2 is 2.11 bits per heavy atom. The average Bonchev–Trinajstić information content (AvgIpc) is 2.45. The van der Waals surface area contributed by atoms with E-state index in [-0.39, 0.29) is 0 Å². The van der Waals surface area contributed by atoms with Gasteiger partial charge in [0.1, 0.15) is 0 Å². The number of pyridine rings is 2. The summed E-state index contributed by atoms with van der Waals surface area (Å²) in [7, 11) is 0. The van der Waals surface area contributed by atoms with Crippen molar-refractivity contribution in [3.8, 4) is 11.3 Å². The third kappa shape index (κ3) is 3.13. The van der Waals surface area contributed by atoms with Crippen LogP contribution in [0.2, 0.25) is 0 Å². The van der Waals surface area contributed by atoms with E-state index in [0.717, 1.165) is 28.2 Å². The minimum Gasteiger partial charge on any atom is -0.264 e. The Balaban J connectivity index is 2.43. The summed E-state index contributed by atoms with van der Waals surface area (Å²) in [4.78, 5) is 13.1. The predicted octanol–water partition coefficient (Wildman–Crippen LogP) is 3.79. The van der Waals surface area contributed by atoms with Gasteiger partial charge >= 0.3 is 0 Å². The molecule has 2 rings (SSSR count). The van der Waals surface area contributed by atoms with Crippen molar-refractivity contribution in [1.82, 2.24) is 9.97 Å². The van der Waals surface area contributed by atoms with Gasteiger partial charge in [-0.05, 0) is 44.5 Å². The largest absolute Gasteiger partial charge is 0.264 e. The second kappa shape index (κ2) is 6.05. The zero-order valence-corrected chi connectivity index (χ0v) is 11.5. The van der Waals surface area contributed by atoms with Gasteiger partial charge in [0.15, 0.2) is 0 Å². The molecule has 3 nitrogen and oxygen atoms in total. The van der Waals surface area contributed by atoms with E-state index in [2.05, 4.69) is 15.0 Å². The van der Waals surface area contributed by atoms with Crippen molar-refractivity contribution in [3.63, 3.8) is 0 Å². The van der Waals surface area contributed by atoms with E-state index in [0.29, 0.717) is 0 Å². The quantitative estimate of drug-likeness (QED) is 0.778. The SMILES string of the molecule is C/C=C\N=C(/C)c1cccc(-c2ccncc2C)n1. The van der Waals surface area contributed by atoms with E-state index in [1.165, 1.54) is 0 Å². The van der Waals surface area contributed by atoms with E-state index >= 15 is 0 Å². The van der Waals surface area contributed by atoms with E-state index in [4.69, 9.17) is 0 Å². The molecular formula is C16H17N3. The molecule has 19 heavy (non-hydrogen) atoms. The van der Waals surface area contributed by atoms with Crippen LogP contribution in [0.5, 0.6) is 0 Å². The summed E-state index contributed by atoms with van der Waals surface area (Å²) < 4.78 is 0. The Kier molecular flexibility index (Phi) is 4.18. The van der Waals surface area contributed by atoms with Gasteiger partial charge < -0.3 is 0 Å². The highest BCUT2D eigenvalue weighted by Crippen LogP contribution is 2.20. The zero-order valence-electron chi connectivity index (χ0n) is 11.5. The highest BCUT2D eigenvalue weighted by atomic mass is 14.8. The van der Waals surface area contributed by atoms with Crippen molar-refractivity contribution in [2.75, 3.05) is 0 Å². The maximum Gasteiger partial charge on any atom is 0.0849 e. The van der Waals surface area contributed by atoms with Crippen LogP contribution < -0.4 is 0 Å². The highest BCUT2D eigenvalue weighted by Gasteiger charge is 2.05. The molecule has 0 aliphatic heterocycles.